The van der Waals surface area contributed by atoms with E-state index in [2.05, 4.69) is 32.9 Å². The average molecular weight is 319 g/mol. The van der Waals surface area contributed by atoms with E-state index in [0.29, 0.717) is 11.7 Å². The summed E-state index contributed by atoms with van der Waals surface area (Å²) in [7, 11) is 0. The Kier molecular flexibility index (Phi) is 6.52. The van der Waals surface area contributed by atoms with Gasteiger partial charge in [0, 0.05) is 0 Å². The summed E-state index contributed by atoms with van der Waals surface area (Å²) in [6.07, 6.45) is 9.89. The molecule has 0 saturated heterocycles. The van der Waals surface area contributed by atoms with Crippen molar-refractivity contribution in [2.75, 3.05) is 0 Å². The van der Waals surface area contributed by atoms with Gasteiger partial charge in [-0.2, -0.15) is 0 Å². The molecule has 1 fully saturated rings. The molecular weight excluding hydrogens is 284 g/mol. The third kappa shape index (κ3) is 4.97. The van der Waals surface area contributed by atoms with E-state index in [9.17, 15) is 10.2 Å². The minimum Gasteiger partial charge on any atom is -0.508 e. The zero-order valence-corrected chi connectivity index (χ0v) is 15.1. The molecule has 130 valence electrons. The Morgan fingerprint density at radius 3 is 2.57 bits per heavy atom. The molecule has 1 aliphatic carbocycles. The van der Waals surface area contributed by atoms with Gasteiger partial charge in [-0.05, 0) is 54.2 Å². The van der Waals surface area contributed by atoms with E-state index in [1.807, 2.05) is 6.07 Å². The normalized spacial score (nSPS) is 22.3. The Bertz CT molecular complexity index is 493. The summed E-state index contributed by atoms with van der Waals surface area (Å²) in [5.74, 6) is 0.726. The van der Waals surface area contributed by atoms with Gasteiger partial charge in [0.15, 0.2) is 0 Å². The Balaban J connectivity index is 2.05. The van der Waals surface area contributed by atoms with E-state index in [1.165, 1.54) is 31.2 Å². The number of phenols is 1. The molecule has 0 aromatic heterocycles. The predicted molar refractivity (Wildman–Crippen MR) is 97.1 cm³/mol. The fraction of sp³-hybridized carbons (Fsp3) is 0.714. The Labute approximate surface area is 141 Å². The quantitative estimate of drug-likeness (QED) is 0.637. The lowest BCUT2D eigenvalue weighted by atomic mass is 9.77. The molecule has 0 spiro atoms. The number of aliphatic hydroxyl groups is 1. The number of phenolic OH excluding ortho intramolecular Hbond substituents is 1. The zero-order chi connectivity index (χ0) is 16.9. The highest BCUT2D eigenvalue weighted by molar-refractivity contribution is 5.41. The lowest BCUT2D eigenvalue weighted by Crippen LogP contribution is -2.19. The van der Waals surface area contributed by atoms with E-state index in [0.717, 1.165) is 37.7 Å². The summed E-state index contributed by atoms with van der Waals surface area (Å²) in [6.45, 7) is 6.79. The van der Waals surface area contributed by atoms with Gasteiger partial charge in [0.1, 0.15) is 5.75 Å². The lowest BCUT2D eigenvalue weighted by molar-refractivity contribution is 0.119. The van der Waals surface area contributed by atoms with Crippen LogP contribution in [0.15, 0.2) is 18.2 Å². The second-order valence-corrected chi connectivity index (χ2v) is 7.99. The Morgan fingerprint density at radius 1 is 1.13 bits per heavy atom. The van der Waals surface area contributed by atoms with Crippen molar-refractivity contribution >= 4 is 0 Å². The first kappa shape index (κ1) is 18.3. The monoisotopic (exact) mass is 318 g/mol. The smallest absolute Gasteiger partial charge is 0.119 e. The fourth-order valence-corrected chi connectivity index (χ4v) is 3.89. The SMILES string of the molecule is CCCCCCC(C)(C)c1ccc([C@H]2CCC[C@H](O)C2)c(O)c1. The molecular formula is C21H34O2. The van der Waals surface area contributed by atoms with Crippen LogP contribution in [-0.4, -0.2) is 16.3 Å². The highest BCUT2D eigenvalue weighted by atomic mass is 16.3. The van der Waals surface area contributed by atoms with E-state index in [1.54, 1.807) is 0 Å². The molecule has 2 nitrogen and oxygen atoms in total. The van der Waals surface area contributed by atoms with Crippen molar-refractivity contribution < 1.29 is 10.2 Å². The van der Waals surface area contributed by atoms with Gasteiger partial charge in [-0.3, -0.25) is 0 Å². The fourth-order valence-electron chi connectivity index (χ4n) is 3.89. The number of aliphatic hydroxyl groups excluding tert-OH is 1. The molecule has 0 aliphatic heterocycles. The van der Waals surface area contributed by atoms with Crippen LogP contribution in [-0.2, 0) is 5.41 Å². The first-order valence-corrected chi connectivity index (χ1v) is 9.45. The molecule has 2 N–H and O–H groups in total. The lowest BCUT2D eigenvalue weighted by Gasteiger charge is -2.29. The molecule has 2 rings (SSSR count). The highest BCUT2D eigenvalue weighted by Gasteiger charge is 2.26. The topological polar surface area (TPSA) is 40.5 Å². The molecule has 0 bridgehead atoms. The van der Waals surface area contributed by atoms with Gasteiger partial charge in [-0.25, -0.2) is 0 Å². The molecule has 0 unspecified atom stereocenters. The maximum atomic E-state index is 10.5. The first-order chi connectivity index (χ1) is 10.9. The van der Waals surface area contributed by atoms with Crippen molar-refractivity contribution in [3.8, 4) is 5.75 Å². The zero-order valence-electron chi connectivity index (χ0n) is 15.1. The largest absolute Gasteiger partial charge is 0.508 e. The second-order valence-electron chi connectivity index (χ2n) is 7.99. The van der Waals surface area contributed by atoms with Crippen LogP contribution < -0.4 is 0 Å². The number of rotatable bonds is 7. The minimum absolute atomic E-state index is 0.107. The van der Waals surface area contributed by atoms with Crippen LogP contribution in [0.25, 0.3) is 0 Å². The van der Waals surface area contributed by atoms with Crippen molar-refractivity contribution in [2.45, 2.75) is 96.0 Å². The van der Waals surface area contributed by atoms with Crippen molar-refractivity contribution in [1.29, 1.82) is 0 Å². The van der Waals surface area contributed by atoms with Crippen LogP contribution in [0.2, 0.25) is 0 Å². The van der Waals surface area contributed by atoms with E-state index >= 15 is 0 Å². The van der Waals surface area contributed by atoms with Gasteiger partial charge in [-0.15, -0.1) is 0 Å². The summed E-state index contributed by atoms with van der Waals surface area (Å²) in [4.78, 5) is 0. The Hall–Kier alpha value is -1.02. The second kappa shape index (κ2) is 8.19. The Morgan fingerprint density at radius 2 is 1.91 bits per heavy atom. The third-order valence-electron chi connectivity index (χ3n) is 5.55. The minimum atomic E-state index is -0.206. The maximum absolute atomic E-state index is 10.5. The van der Waals surface area contributed by atoms with Crippen LogP contribution in [0.1, 0.15) is 95.6 Å². The number of hydrogen-bond acceptors (Lipinski definition) is 2. The van der Waals surface area contributed by atoms with E-state index < -0.39 is 0 Å². The average Bonchev–Trinajstić information content (AvgIpc) is 2.51. The summed E-state index contributed by atoms with van der Waals surface area (Å²) in [5.41, 5.74) is 2.36. The van der Waals surface area contributed by atoms with Gasteiger partial charge in [0.05, 0.1) is 6.10 Å². The predicted octanol–water partition coefficient (Wildman–Crippen LogP) is 5.66. The number of aromatic hydroxyl groups is 1. The third-order valence-corrected chi connectivity index (χ3v) is 5.55. The number of unbranched alkanes of at least 4 members (excludes halogenated alkanes) is 3. The van der Waals surface area contributed by atoms with Crippen molar-refractivity contribution in [1.82, 2.24) is 0 Å². The number of benzene rings is 1. The molecule has 23 heavy (non-hydrogen) atoms. The van der Waals surface area contributed by atoms with Gasteiger partial charge in [0.2, 0.25) is 0 Å². The highest BCUT2D eigenvalue weighted by Crippen LogP contribution is 2.40. The first-order valence-electron chi connectivity index (χ1n) is 9.45. The van der Waals surface area contributed by atoms with Gasteiger partial charge in [-0.1, -0.05) is 65.0 Å². The summed E-state index contributed by atoms with van der Waals surface area (Å²) in [6, 6.07) is 6.26. The summed E-state index contributed by atoms with van der Waals surface area (Å²) < 4.78 is 0. The van der Waals surface area contributed by atoms with Crippen LogP contribution in [0.5, 0.6) is 5.75 Å². The van der Waals surface area contributed by atoms with Crippen LogP contribution in [0, 0.1) is 0 Å². The molecule has 0 amide bonds. The molecule has 0 heterocycles. The molecule has 2 atom stereocenters. The maximum Gasteiger partial charge on any atom is 0.119 e. The van der Waals surface area contributed by atoms with Crippen LogP contribution in [0.3, 0.4) is 0 Å². The molecule has 0 radical (unpaired) electrons. The molecule has 1 aromatic rings. The molecule has 2 heteroatoms. The molecule has 1 saturated carbocycles. The molecule has 1 aliphatic rings. The number of hydrogen-bond donors (Lipinski definition) is 2. The van der Waals surface area contributed by atoms with Gasteiger partial charge in [0.25, 0.3) is 0 Å². The van der Waals surface area contributed by atoms with Crippen molar-refractivity contribution in [3.05, 3.63) is 29.3 Å². The van der Waals surface area contributed by atoms with E-state index in [-0.39, 0.29) is 11.5 Å². The van der Waals surface area contributed by atoms with Crippen LogP contribution in [0.4, 0.5) is 0 Å². The molecule has 1 aromatic carbocycles. The van der Waals surface area contributed by atoms with Gasteiger partial charge >= 0.3 is 0 Å². The summed E-state index contributed by atoms with van der Waals surface area (Å²) in [5, 5.41) is 20.4. The standard InChI is InChI=1S/C21H34O2/c1-4-5-6-7-13-21(2,3)17-11-12-19(20(23)15-17)16-9-8-10-18(22)14-16/h11-12,15-16,18,22-23H,4-10,13-14H2,1-3H3/t16-,18-/m0/s1. The van der Waals surface area contributed by atoms with E-state index in [4.69, 9.17) is 0 Å². The van der Waals surface area contributed by atoms with Crippen molar-refractivity contribution in [2.24, 2.45) is 0 Å². The van der Waals surface area contributed by atoms with Crippen molar-refractivity contribution in [3.63, 3.8) is 0 Å². The van der Waals surface area contributed by atoms with Gasteiger partial charge < -0.3 is 10.2 Å². The van der Waals surface area contributed by atoms with Crippen LogP contribution >= 0.6 is 0 Å². The summed E-state index contributed by atoms with van der Waals surface area (Å²) >= 11 is 0.